The number of H-pyrrole nitrogens is 2. The number of aromatic amines is 2. The summed E-state index contributed by atoms with van der Waals surface area (Å²) >= 11 is 0. The van der Waals surface area contributed by atoms with Crippen LogP contribution in [0.5, 0.6) is 0 Å². The van der Waals surface area contributed by atoms with Crippen molar-refractivity contribution in [1.82, 2.24) is 30.2 Å². The van der Waals surface area contributed by atoms with Crippen molar-refractivity contribution in [2.75, 3.05) is 19.6 Å². The molecule has 0 bridgehead atoms. The smallest absolute Gasteiger partial charge is 0.271 e. The van der Waals surface area contributed by atoms with Gasteiger partial charge in [-0.05, 0) is 32.6 Å². The standard InChI is InChI=1S/C16H22N6O2/c1-10-17-7-13(20-10)15(23)19-6-12-4-3-5-22(9-12)16(24)14-8-18-11(2)21-14/h7-8,12H,3-6,9H2,1-2H3,(H,17,20)(H,18,21)(H,19,23). The summed E-state index contributed by atoms with van der Waals surface area (Å²) in [4.78, 5) is 40.4. The number of likely N-dealkylation sites (tertiary alicyclic amines) is 1. The molecule has 1 aliphatic heterocycles. The number of hydrogen-bond donors (Lipinski definition) is 3. The lowest BCUT2D eigenvalue weighted by atomic mass is 9.97. The summed E-state index contributed by atoms with van der Waals surface area (Å²) in [6.45, 7) is 5.55. The quantitative estimate of drug-likeness (QED) is 0.778. The summed E-state index contributed by atoms with van der Waals surface area (Å²) in [5.41, 5.74) is 0.981. The number of nitrogens with zero attached hydrogens (tertiary/aromatic N) is 3. The molecule has 2 aromatic rings. The van der Waals surface area contributed by atoms with Crippen molar-refractivity contribution >= 4 is 11.8 Å². The van der Waals surface area contributed by atoms with Crippen LogP contribution in [0.3, 0.4) is 0 Å². The van der Waals surface area contributed by atoms with Crippen LogP contribution < -0.4 is 5.32 Å². The molecule has 128 valence electrons. The molecule has 24 heavy (non-hydrogen) atoms. The Morgan fingerprint density at radius 1 is 1.21 bits per heavy atom. The van der Waals surface area contributed by atoms with Crippen LogP contribution in [0.4, 0.5) is 0 Å². The van der Waals surface area contributed by atoms with Crippen LogP contribution in [0.25, 0.3) is 0 Å². The molecule has 2 amide bonds. The number of imidazole rings is 2. The zero-order chi connectivity index (χ0) is 17.1. The summed E-state index contributed by atoms with van der Waals surface area (Å²) < 4.78 is 0. The molecule has 3 heterocycles. The van der Waals surface area contributed by atoms with E-state index in [-0.39, 0.29) is 17.7 Å². The molecular weight excluding hydrogens is 308 g/mol. The van der Waals surface area contributed by atoms with Crippen molar-refractivity contribution in [1.29, 1.82) is 0 Å². The first-order valence-corrected chi connectivity index (χ1v) is 8.13. The minimum atomic E-state index is -0.164. The number of carbonyl (C=O) groups excluding carboxylic acids is 2. The van der Waals surface area contributed by atoms with Crippen LogP contribution >= 0.6 is 0 Å². The van der Waals surface area contributed by atoms with E-state index in [0.29, 0.717) is 30.3 Å². The predicted molar refractivity (Wildman–Crippen MR) is 87.6 cm³/mol. The number of carbonyl (C=O) groups is 2. The topological polar surface area (TPSA) is 107 Å². The first-order valence-electron chi connectivity index (χ1n) is 8.13. The largest absolute Gasteiger partial charge is 0.350 e. The van der Waals surface area contributed by atoms with Crippen LogP contribution in [0.2, 0.25) is 0 Å². The minimum Gasteiger partial charge on any atom is -0.350 e. The monoisotopic (exact) mass is 330 g/mol. The van der Waals surface area contributed by atoms with Gasteiger partial charge in [-0.3, -0.25) is 9.59 Å². The van der Waals surface area contributed by atoms with Crippen molar-refractivity contribution in [2.24, 2.45) is 5.92 Å². The number of rotatable bonds is 4. The summed E-state index contributed by atoms with van der Waals surface area (Å²) in [5.74, 6) is 1.50. The van der Waals surface area contributed by atoms with Gasteiger partial charge >= 0.3 is 0 Å². The predicted octanol–water partition coefficient (Wildman–Crippen LogP) is 1.03. The van der Waals surface area contributed by atoms with Crippen molar-refractivity contribution in [2.45, 2.75) is 26.7 Å². The molecule has 8 heteroatoms. The Morgan fingerprint density at radius 2 is 1.88 bits per heavy atom. The lowest BCUT2D eigenvalue weighted by molar-refractivity contribution is 0.0665. The van der Waals surface area contributed by atoms with E-state index in [1.165, 1.54) is 6.20 Å². The third-order valence-electron chi connectivity index (χ3n) is 4.24. The van der Waals surface area contributed by atoms with E-state index in [1.807, 2.05) is 11.8 Å². The number of aryl methyl sites for hydroxylation is 2. The highest BCUT2D eigenvalue weighted by Crippen LogP contribution is 2.18. The van der Waals surface area contributed by atoms with Crippen molar-refractivity contribution in [3.05, 3.63) is 35.4 Å². The van der Waals surface area contributed by atoms with E-state index in [2.05, 4.69) is 25.3 Å². The molecule has 1 unspecified atom stereocenters. The van der Waals surface area contributed by atoms with Crippen LogP contribution in [0.1, 0.15) is 45.5 Å². The van der Waals surface area contributed by atoms with Crippen LogP contribution in [-0.4, -0.2) is 56.3 Å². The minimum absolute atomic E-state index is 0.0316. The fourth-order valence-corrected chi connectivity index (χ4v) is 2.98. The van der Waals surface area contributed by atoms with Gasteiger partial charge in [0.15, 0.2) is 0 Å². The molecule has 0 aliphatic carbocycles. The molecule has 3 rings (SSSR count). The Balaban J connectivity index is 1.54. The van der Waals surface area contributed by atoms with Gasteiger partial charge in [-0.1, -0.05) is 0 Å². The third-order valence-corrected chi connectivity index (χ3v) is 4.24. The normalized spacial score (nSPS) is 17.8. The summed E-state index contributed by atoms with van der Waals surface area (Å²) in [5, 5.41) is 2.92. The fourth-order valence-electron chi connectivity index (χ4n) is 2.98. The first kappa shape index (κ1) is 16.2. The van der Waals surface area contributed by atoms with E-state index >= 15 is 0 Å². The van der Waals surface area contributed by atoms with Crippen molar-refractivity contribution in [3.63, 3.8) is 0 Å². The molecule has 2 aromatic heterocycles. The molecule has 1 fully saturated rings. The van der Waals surface area contributed by atoms with Gasteiger partial charge < -0.3 is 20.2 Å². The second-order valence-corrected chi connectivity index (χ2v) is 6.23. The van der Waals surface area contributed by atoms with Gasteiger partial charge in [0, 0.05) is 19.6 Å². The molecule has 0 aromatic carbocycles. The van der Waals surface area contributed by atoms with Gasteiger partial charge in [0.1, 0.15) is 23.0 Å². The highest BCUT2D eigenvalue weighted by atomic mass is 16.2. The zero-order valence-corrected chi connectivity index (χ0v) is 13.9. The maximum atomic E-state index is 12.5. The van der Waals surface area contributed by atoms with Gasteiger partial charge in [-0.15, -0.1) is 0 Å². The summed E-state index contributed by atoms with van der Waals surface area (Å²) in [6, 6.07) is 0. The highest BCUT2D eigenvalue weighted by molar-refractivity contribution is 5.92. The molecule has 3 N–H and O–H groups in total. The molecule has 1 saturated heterocycles. The average molecular weight is 330 g/mol. The number of amides is 2. The SMILES string of the molecule is Cc1ncc(C(=O)NCC2CCCN(C(=O)c3cnc(C)[nH]3)C2)[nH]1. The molecule has 0 spiro atoms. The highest BCUT2D eigenvalue weighted by Gasteiger charge is 2.25. The van der Waals surface area contributed by atoms with Crippen LogP contribution in [0, 0.1) is 19.8 Å². The van der Waals surface area contributed by atoms with E-state index in [1.54, 1.807) is 13.1 Å². The van der Waals surface area contributed by atoms with Crippen LogP contribution in [0.15, 0.2) is 12.4 Å². The van der Waals surface area contributed by atoms with Gasteiger partial charge in [0.05, 0.1) is 12.4 Å². The van der Waals surface area contributed by atoms with E-state index < -0.39 is 0 Å². The van der Waals surface area contributed by atoms with Gasteiger partial charge in [-0.2, -0.15) is 0 Å². The Labute approximate surface area is 140 Å². The second kappa shape index (κ2) is 6.86. The second-order valence-electron chi connectivity index (χ2n) is 6.23. The van der Waals surface area contributed by atoms with Gasteiger partial charge in [0.25, 0.3) is 11.8 Å². The summed E-state index contributed by atoms with van der Waals surface area (Å²) in [6.07, 6.45) is 5.03. The van der Waals surface area contributed by atoms with Gasteiger partial charge in [-0.25, -0.2) is 9.97 Å². The van der Waals surface area contributed by atoms with Crippen molar-refractivity contribution < 1.29 is 9.59 Å². The lowest BCUT2D eigenvalue weighted by Crippen LogP contribution is -2.43. The van der Waals surface area contributed by atoms with E-state index in [0.717, 1.165) is 25.2 Å². The number of nitrogens with one attached hydrogen (secondary N) is 3. The zero-order valence-electron chi connectivity index (χ0n) is 13.9. The van der Waals surface area contributed by atoms with Crippen LogP contribution in [-0.2, 0) is 0 Å². The Morgan fingerprint density at radius 3 is 2.50 bits per heavy atom. The Hall–Kier alpha value is -2.64. The maximum absolute atomic E-state index is 12.5. The van der Waals surface area contributed by atoms with Crippen molar-refractivity contribution in [3.8, 4) is 0 Å². The molecule has 1 atom stereocenters. The molecule has 0 saturated carbocycles. The first-order chi connectivity index (χ1) is 11.5. The lowest BCUT2D eigenvalue weighted by Gasteiger charge is -2.32. The van der Waals surface area contributed by atoms with Gasteiger partial charge in [0.2, 0.25) is 0 Å². The Kier molecular flexibility index (Phi) is 4.64. The molecule has 8 nitrogen and oxygen atoms in total. The molecular formula is C16H22N6O2. The van der Waals surface area contributed by atoms with E-state index in [4.69, 9.17) is 0 Å². The third kappa shape index (κ3) is 3.64. The number of hydrogen-bond acceptors (Lipinski definition) is 4. The fraction of sp³-hybridized carbons (Fsp3) is 0.500. The summed E-state index contributed by atoms with van der Waals surface area (Å²) in [7, 11) is 0. The Bertz CT molecular complexity index is 735. The van der Waals surface area contributed by atoms with E-state index in [9.17, 15) is 9.59 Å². The number of aromatic nitrogens is 4. The molecule has 1 aliphatic rings. The molecule has 0 radical (unpaired) electrons. The number of piperidine rings is 1. The maximum Gasteiger partial charge on any atom is 0.271 e. The average Bonchev–Trinajstić information content (AvgIpc) is 3.21.